The lowest BCUT2D eigenvalue weighted by molar-refractivity contribution is -0.116. The highest BCUT2D eigenvalue weighted by Gasteiger charge is 2.23. The largest absolute Gasteiger partial charge is 0.378 e. The van der Waals surface area contributed by atoms with Crippen molar-refractivity contribution in [3.63, 3.8) is 0 Å². The number of rotatable bonds is 3. The minimum Gasteiger partial charge on any atom is -0.378 e. The lowest BCUT2D eigenvalue weighted by atomic mass is 10.1. The van der Waals surface area contributed by atoms with Crippen molar-refractivity contribution in [1.29, 1.82) is 0 Å². The fraction of sp³-hybridized carbons (Fsp3) is 0.350. The molecule has 140 valence electrons. The van der Waals surface area contributed by atoms with Crippen LogP contribution in [0.2, 0.25) is 0 Å². The molecule has 0 atom stereocenters. The quantitative estimate of drug-likeness (QED) is 0.900. The first kappa shape index (κ1) is 17.5. The van der Waals surface area contributed by atoms with Gasteiger partial charge in [0.05, 0.1) is 25.1 Å². The molecule has 7 heteroatoms. The van der Waals surface area contributed by atoms with E-state index in [0.717, 1.165) is 49.7 Å². The number of nitrogens with one attached hydrogen (secondary N) is 1. The summed E-state index contributed by atoms with van der Waals surface area (Å²) < 4.78 is 5.36. The number of pyridine rings is 1. The van der Waals surface area contributed by atoms with Gasteiger partial charge in [0.25, 0.3) is 5.91 Å². The number of anilines is 3. The lowest BCUT2D eigenvalue weighted by Gasteiger charge is -2.28. The van der Waals surface area contributed by atoms with Crippen molar-refractivity contribution in [2.75, 3.05) is 48.0 Å². The molecule has 2 aliphatic rings. The van der Waals surface area contributed by atoms with Crippen LogP contribution in [-0.2, 0) is 16.0 Å². The highest BCUT2D eigenvalue weighted by atomic mass is 16.5. The van der Waals surface area contributed by atoms with Gasteiger partial charge in [-0.25, -0.2) is 4.98 Å². The second-order valence-electron chi connectivity index (χ2n) is 6.72. The van der Waals surface area contributed by atoms with Crippen LogP contribution in [-0.4, -0.2) is 49.6 Å². The Bertz CT molecular complexity index is 860. The summed E-state index contributed by atoms with van der Waals surface area (Å²) in [4.78, 5) is 32.5. The summed E-state index contributed by atoms with van der Waals surface area (Å²) in [7, 11) is 0. The summed E-state index contributed by atoms with van der Waals surface area (Å²) in [6.07, 6.45) is 2.54. The number of amides is 2. The molecule has 3 heterocycles. The maximum Gasteiger partial charge on any atom is 0.256 e. The molecule has 2 amide bonds. The van der Waals surface area contributed by atoms with Crippen LogP contribution in [0.5, 0.6) is 0 Å². The molecule has 1 fully saturated rings. The molecule has 2 aliphatic heterocycles. The van der Waals surface area contributed by atoms with E-state index < -0.39 is 0 Å². The minimum atomic E-state index is -0.203. The van der Waals surface area contributed by atoms with Crippen LogP contribution in [0.15, 0.2) is 36.5 Å². The van der Waals surface area contributed by atoms with Gasteiger partial charge in [-0.05, 0) is 42.3 Å². The van der Waals surface area contributed by atoms with Gasteiger partial charge in [0, 0.05) is 37.8 Å². The summed E-state index contributed by atoms with van der Waals surface area (Å²) in [5.41, 5.74) is 3.51. The zero-order chi connectivity index (χ0) is 18.8. The minimum absolute atomic E-state index is 0.0236. The molecule has 1 aromatic carbocycles. The van der Waals surface area contributed by atoms with E-state index in [9.17, 15) is 9.59 Å². The third-order valence-corrected chi connectivity index (χ3v) is 4.98. The third kappa shape index (κ3) is 3.64. The maximum atomic E-state index is 12.6. The Morgan fingerprint density at radius 2 is 1.93 bits per heavy atom. The monoisotopic (exact) mass is 366 g/mol. The molecule has 1 aromatic heterocycles. The molecule has 27 heavy (non-hydrogen) atoms. The molecule has 1 saturated heterocycles. The van der Waals surface area contributed by atoms with Crippen molar-refractivity contribution in [2.45, 2.75) is 13.3 Å². The second kappa shape index (κ2) is 7.36. The number of morpholine rings is 1. The molecule has 7 nitrogen and oxygen atoms in total. The molecular formula is C20H22N4O3. The first-order valence-electron chi connectivity index (χ1n) is 9.13. The molecular weight excluding hydrogens is 344 g/mol. The lowest BCUT2D eigenvalue weighted by Crippen LogP contribution is -2.36. The van der Waals surface area contributed by atoms with Gasteiger partial charge in [0.1, 0.15) is 5.82 Å². The number of carbonyl (C=O) groups is 2. The maximum absolute atomic E-state index is 12.6. The third-order valence-electron chi connectivity index (χ3n) is 4.98. The van der Waals surface area contributed by atoms with E-state index in [1.54, 1.807) is 24.1 Å². The van der Waals surface area contributed by atoms with E-state index in [2.05, 4.69) is 15.2 Å². The van der Waals surface area contributed by atoms with Gasteiger partial charge in [-0.3, -0.25) is 9.59 Å². The number of hydrogen-bond donors (Lipinski definition) is 1. The number of hydrogen-bond acceptors (Lipinski definition) is 5. The Morgan fingerprint density at radius 1 is 1.11 bits per heavy atom. The van der Waals surface area contributed by atoms with E-state index >= 15 is 0 Å². The predicted octanol–water partition coefficient (Wildman–Crippen LogP) is 2.08. The topological polar surface area (TPSA) is 74.8 Å². The van der Waals surface area contributed by atoms with Crippen LogP contribution in [0, 0.1) is 0 Å². The Hall–Kier alpha value is -2.93. The predicted molar refractivity (Wildman–Crippen MR) is 103 cm³/mol. The number of carbonyl (C=O) groups excluding carboxylic acids is 2. The molecule has 0 unspecified atom stereocenters. The Labute approximate surface area is 157 Å². The summed E-state index contributed by atoms with van der Waals surface area (Å²) >= 11 is 0. The molecule has 0 spiro atoms. The van der Waals surface area contributed by atoms with Crippen LogP contribution in [0.25, 0.3) is 0 Å². The normalized spacial score (nSPS) is 16.2. The van der Waals surface area contributed by atoms with Crippen molar-refractivity contribution in [1.82, 2.24) is 4.98 Å². The average molecular weight is 366 g/mol. The zero-order valence-corrected chi connectivity index (χ0v) is 15.3. The van der Waals surface area contributed by atoms with Crippen molar-refractivity contribution in [3.8, 4) is 0 Å². The SMILES string of the molecule is CC(=O)N1CCc2cc(C(=O)Nc3ccc(N4CCOCC4)cn3)ccc21. The second-order valence-corrected chi connectivity index (χ2v) is 6.72. The first-order chi connectivity index (χ1) is 13.1. The molecule has 1 N–H and O–H groups in total. The number of aromatic nitrogens is 1. The summed E-state index contributed by atoms with van der Waals surface area (Å²) in [5, 5.41) is 2.84. The fourth-order valence-corrected chi connectivity index (χ4v) is 3.53. The van der Waals surface area contributed by atoms with Gasteiger partial charge < -0.3 is 19.9 Å². The van der Waals surface area contributed by atoms with Crippen molar-refractivity contribution in [2.24, 2.45) is 0 Å². The number of benzene rings is 1. The van der Waals surface area contributed by atoms with Crippen LogP contribution < -0.4 is 15.1 Å². The van der Waals surface area contributed by atoms with E-state index in [0.29, 0.717) is 17.9 Å². The number of fused-ring (bicyclic) bond motifs is 1. The Kier molecular flexibility index (Phi) is 4.77. The van der Waals surface area contributed by atoms with E-state index in [1.807, 2.05) is 24.3 Å². The molecule has 0 bridgehead atoms. The highest BCUT2D eigenvalue weighted by Crippen LogP contribution is 2.29. The smallest absolute Gasteiger partial charge is 0.256 e. The number of ether oxygens (including phenoxy) is 1. The number of nitrogens with zero attached hydrogens (tertiary/aromatic N) is 3. The van der Waals surface area contributed by atoms with Crippen LogP contribution in [0.4, 0.5) is 17.2 Å². The van der Waals surface area contributed by atoms with Gasteiger partial charge in [-0.15, -0.1) is 0 Å². The van der Waals surface area contributed by atoms with Crippen LogP contribution in [0.3, 0.4) is 0 Å². The van der Waals surface area contributed by atoms with Crippen LogP contribution in [0.1, 0.15) is 22.8 Å². The standard InChI is InChI=1S/C20H22N4O3/c1-14(25)24-7-6-15-12-16(2-4-18(15)24)20(26)22-19-5-3-17(13-21-19)23-8-10-27-11-9-23/h2-5,12-13H,6-11H2,1H3,(H,21,22,26). The summed E-state index contributed by atoms with van der Waals surface area (Å²) in [6.45, 7) is 5.36. The highest BCUT2D eigenvalue weighted by molar-refractivity contribution is 6.04. The zero-order valence-electron chi connectivity index (χ0n) is 15.3. The van der Waals surface area contributed by atoms with Crippen molar-refractivity contribution < 1.29 is 14.3 Å². The molecule has 0 radical (unpaired) electrons. The van der Waals surface area contributed by atoms with Crippen molar-refractivity contribution in [3.05, 3.63) is 47.7 Å². The average Bonchev–Trinajstić information content (AvgIpc) is 3.13. The van der Waals surface area contributed by atoms with Gasteiger partial charge in [0.2, 0.25) is 5.91 Å². The van der Waals surface area contributed by atoms with Gasteiger partial charge >= 0.3 is 0 Å². The fourth-order valence-electron chi connectivity index (χ4n) is 3.53. The van der Waals surface area contributed by atoms with E-state index in [4.69, 9.17) is 4.74 Å². The van der Waals surface area contributed by atoms with Gasteiger partial charge in [-0.1, -0.05) is 0 Å². The molecule has 4 rings (SSSR count). The van der Waals surface area contributed by atoms with E-state index in [-0.39, 0.29) is 11.8 Å². The first-order valence-corrected chi connectivity index (χ1v) is 9.13. The van der Waals surface area contributed by atoms with E-state index in [1.165, 1.54) is 0 Å². The van der Waals surface area contributed by atoms with Gasteiger partial charge in [-0.2, -0.15) is 0 Å². The Balaban J connectivity index is 1.44. The van der Waals surface area contributed by atoms with Crippen molar-refractivity contribution >= 4 is 29.0 Å². The van der Waals surface area contributed by atoms with Crippen LogP contribution >= 0.6 is 0 Å². The summed E-state index contributed by atoms with van der Waals surface area (Å²) in [6, 6.07) is 9.22. The summed E-state index contributed by atoms with van der Waals surface area (Å²) in [5.74, 6) is 0.337. The molecule has 2 aromatic rings. The Morgan fingerprint density at radius 3 is 2.63 bits per heavy atom. The van der Waals surface area contributed by atoms with Gasteiger partial charge in [0.15, 0.2) is 0 Å². The molecule has 0 aliphatic carbocycles. The molecule has 0 saturated carbocycles.